The molecule has 1 atom stereocenters. The molecule has 1 unspecified atom stereocenters. The molecule has 0 radical (unpaired) electrons. The number of furan rings is 1. The molecule has 2 aromatic rings. The first kappa shape index (κ1) is 14.4. The number of hydrogen-bond acceptors (Lipinski definition) is 2. The standard InChI is InChI=1S/C19H25NO/c1-2-7-12-17(13-8-3-1)20-19(18-14-9-15-21-18)16-10-5-4-6-11-16/h4-6,9-11,14-15,17,19-20H,1-3,7-8,12-13H2. The average molecular weight is 283 g/mol. The van der Waals surface area contributed by atoms with E-state index in [0.29, 0.717) is 6.04 Å². The number of nitrogens with one attached hydrogen (secondary N) is 1. The molecule has 1 fully saturated rings. The molecule has 2 heteroatoms. The molecule has 1 aromatic heterocycles. The fourth-order valence-electron chi connectivity index (χ4n) is 3.30. The molecule has 0 saturated heterocycles. The van der Waals surface area contributed by atoms with E-state index in [1.54, 1.807) is 6.26 Å². The Morgan fingerprint density at radius 3 is 2.24 bits per heavy atom. The highest BCUT2D eigenvalue weighted by atomic mass is 16.3. The average Bonchev–Trinajstić information content (AvgIpc) is 3.01. The molecule has 1 aliphatic carbocycles. The van der Waals surface area contributed by atoms with Crippen LogP contribution in [0.25, 0.3) is 0 Å². The Bertz CT molecular complexity index is 498. The lowest BCUT2D eigenvalue weighted by atomic mass is 9.94. The zero-order valence-corrected chi connectivity index (χ0v) is 12.6. The Labute approximate surface area is 127 Å². The molecule has 0 aliphatic heterocycles. The molecule has 2 nitrogen and oxygen atoms in total. The Kier molecular flexibility index (Phi) is 5.12. The summed E-state index contributed by atoms with van der Waals surface area (Å²) in [5.74, 6) is 1.02. The molecule has 21 heavy (non-hydrogen) atoms. The summed E-state index contributed by atoms with van der Waals surface area (Å²) in [4.78, 5) is 0. The van der Waals surface area contributed by atoms with Gasteiger partial charge in [0.15, 0.2) is 0 Å². The molecule has 0 bridgehead atoms. The number of hydrogen-bond donors (Lipinski definition) is 1. The zero-order valence-electron chi connectivity index (χ0n) is 12.6. The molecule has 0 amide bonds. The first-order valence-corrected chi connectivity index (χ1v) is 8.28. The predicted molar refractivity (Wildman–Crippen MR) is 86.2 cm³/mol. The maximum absolute atomic E-state index is 5.69. The van der Waals surface area contributed by atoms with Crippen LogP contribution in [-0.4, -0.2) is 6.04 Å². The summed E-state index contributed by atoms with van der Waals surface area (Å²) in [7, 11) is 0. The van der Waals surface area contributed by atoms with Crippen LogP contribution < -0.4 is 5.32 Å². The summed E-state index contributed by atoms with van der Waals surface area (Å²) in [6.07, 6.45) is 11.2. The largest absolute Gasteiger partial charge is 0.467 e. The molecule has 112 valence electrons. The monoisotopic (exact) mass is 283 g/mol. The van der Waals surface area contributed by atoms with Crippen molar-refractivity contribution in [2.75, 3.05) is 0 Å². The van der Waals surface area contributed by atoms with Crippen molar-refractivity contribution in [3.63, 3.8) is 0 Å². The lowest BCUT2D eigenvalue weighted by Crippen LogP contribution is -2.33. The van der Waals surface area contributed by atoms with Gasteiger partial charge >= 0.3 is 0 Å². The smallest absolute Gasteiger partial charge is 0.125 e. The van der Waals surface area contributed by atoms with Gasteiger partial charge in [-0.2, -0.15) is 0 Å². The third-order valence-corrected chi connectivity index (χ3v) is 4.47. The van der Waals surface area contributed by atoms with Crippen LogP contribution in [-0.2, 0) is 0 Å². The predicted octanol–water partition coefficient (Wildman–Crippen LogP) is 5.07. The van der Waals surface area contributed by atoms with Crippen LogP contribution in [0, 0.1) is 0 Å². The fraction of sp³-hybridized carbons (Fsp3) is 0.474. The van der Waals surface area contributed by atoms with Gasteiger partial charge in [0.2, 0.25) is 0 Å². The Morgan fingerprint density at radius 1 is 0.857 bits per heavy atom. The summed E-state index contributed by atoms with van der Waals surface area (Å²) >= 11 is 0. The van der Waals surface area contributed by atoms with Crippen molar-refractivity contribution in [1.82, 2.24) is 5.32 Å². The maximum Gasteiger partial charge on any atom is 0.125 e. The zero-order chi connectivity index (χ0) is 14.3. The van der Waals surface area contributed by atoms with E-state index < -0.39 is 0 Å². The van der Waals surface area contributed by atoms with E-state index in [1.165, 1.54) is 50.5 Å². The minimum absolute atomic E-state index is 0.172. The van der Waals surface area contributed by atoms with Gasteiger partial charge in [-0.3, -0.25) is 0 Å². The summed E-state index contributed by atoms with van der Waals surface area (Å²) in [6.45, 7) is 0. The second kappa shape index (κ2) is 7.46. The van der Waals surface area contributed by atoms with Gasteiger partial charge in [-0.15, -0.1) is 0 Å². The number of rotatable bonds is 4. The molecule has 1 heterocycles. The minimum Gasteiger partial charge on any atom is -0.467 e. The van der Waals surface area contributed by atoms with E-state index in [-0.39, 0.29) is 6.04 Å². The van der Waals surface area contributed by atoms with Crippen LogP contribution in [0.4, 0.5) is 0 Å². The van der Waals surface area contributed by atoms with Gasteiger partial charge in [0, 0.05) is 6.04 Å². The fourth-order valence-corrected chi connectivity index (χ4v) is 3.30. The van der Waals surface area contributed by atoms with Gasteiger partial charge < -0.3 is 9.73 Å². The third kappa shape index (κ3) is 3.98. The summed E-state index contributed by atoms with van der Waals surface area (Å²) in [5, 5.41) is 3.85. The molecule has 1 aromatic carbocycles. The quantitative estimate of drug-likeness (QED) is 0.847. The Morgan fingerprint density at radius 2 is 1.57 bits per heavy atom. The topological polar surface area (TPSA) is 25.2 Å². The van der Waals surface area contributed by atoms with Crippen LogP contribution in [0.1, 0.15) is 62.3 Å². The highest BCUT2D eigenvalue weighted by Crippen LogP contribution is 2.26. The number of benzene rings is 1. The molecule has 0 spiro atoms. The van der Waals surface area contributed by atoms with E-state index in [9.17, 15) is 0 Å². The first-order valence-electron chi connectivity index (χ1n) is 8.28. The highest BCUT2D eigenvalue weighted by molar-refractivity contribution is 5.26. The van der Waals surface area contributed by atoms with Crippen molar-refractivity contribution in [3.8, 4) is 0 Å². The molecular formula is C19H25NO. The van der Waals surface area contributed by atoms with Gasteiger partial charge in [0.25, 0.3) is 0 Å². The van der Waals surface area contributed by atoms with E-state index in [4.69, 9.17) is 4.42 Å². The van der Waals surface area contributed by atoms with Gasteiger partial charge in [-0.05, 0) is 30.5 Å². The van der Waals surface area contributed by atoms with Crippen LogP contribution in [0.5, 0.6) is 0 Å². The van der Waals surface area contributed by atoms with Crippen molar-refractivity contribution in [1.29, 1.82) is 0 Å². The van der Waals surface area contributed by atoms with Crippen molar-refractivity contribution >= 4 is 0 Å². The summed E-state index contributed by atoms with van der Waals surface area (Å²) in [5.41, 5.74) is 1.29. The normalized spacial score (nSPS) is 18.9. The van der Waals surface area contributed by atoms with Gasteiger partial charge in [-0.25, -0.2) is 0 Å². The third-order valence-electron chi connectivity index (χ3n) is 4.47. The van der Waals surface area contributed by atoms with Crippen LogP contribution in [0.2, 0.25) is 0 Å². The van der Waals surface area contributed by atoms with E-state index in [1.807, 2.05) is 6.07 Å². The Balaban J connectivity index is 1.76. The molecule has 1 aliphatic rings. The second-order valence-electron chi connectivity index (χ2n) is 6.07. The summed E-state index contributed by atoms with van der Waals surface area (Å²) in [6, 6.07) is 15.5. The first-order chi connectivity index (χ1) is 10.4. The van der Waals surface area contributed by atoms with Gasteiger partial charge in [0.1, 0.15) is 5.76 Å². The molecule has 1 saturated carbocycles. The van der Waals surface area contributed by atoms with Gasteiger partial charge in [0.05, 0.1) is 12.3 Å². The molecular weight excluding hydrogens is 258 g/mol. The van der Waals surface area contributed by atoms with E-state index in [0.717, 1.165) is 5.76 Å². The molecule has 1 N–H and O–H groups in total. The minimum atomic E-state index is 0.172. The van der Waals surface area contributed by atoms with Crippen molar-refractivity contribution in [2.24, 2.45) is 0 Å². The highest BCUT2D eigenvalue weighted by Gasteiger charge is 2.21. The second-order valence-corrected chi connectivity index (χ2v) is 6.07. The van der Waals surface area contributed by atoms with E-state index in [2.05, 4.69) is 41.7 Å². The lowest BCUT2D eigenvalue weighted by molar-refractivity contribution is 0.346. The Hall–Kier alpha value is -1.54. The summed E-state index contributed by atoms with van der Waals surface area (Å²) < 4.78 is 5.69. The van der Waals surface area contributed by atoms with Crippen LogP contribution >= 0.6 is 0 Å². The van der Waals surface area contributed by atoms with Crippen molar-refractivity contribution < 1.29 is 4.42 Å². The van der Waals surface area contributed by atoms with Crippen molar-refractivity contribution in [2.45, 2.75) is 57.0 Å². The SMILES string of the molecule is c1ccc(C(NC2CCCCCCC2)c2ccco2)cc1. The van der Waals surface area contributed by atoms with Crippen LogP contribution in [0.3, 0.4) is 0 Å². The van der Waals surface area contributed by atoms with E-state index >= 15 is 0 Å². The lowest BCUT2D eigenvalue weighted by Gasteiger charge is -2.26. The maximum atomic E-state index is 5.69. The van der Waals surface area contributed by atoms with Gasteiger partial charge in [-0.1, -0.05) is 62.4 Å². The van der Waals surface area contributed by atoms with Crippen LogP contribution in [0.15, 0.2) is 53.1 Å². The molecule has 3 rings (SSSR count). The van der Waals surface area contributed by atoms with Crippen molar-refractivity contribution in [3.05, 3.63) is 60.1 Å².